The van der Waals surface area contributed by atoms with Crippen LogP contribution in [0.2, 0.25) is 0 Å². The Morgan fingerprint density at radius 3 is 2.60 bits per heavy atom. The molecule has 3 nitrogen and oxygen atoms in total. The summed E-state index contributed by atoms with van der Waals surface area (Å²) in [6, 6.07) is 3.37. The molecule has 110 valence electrons. The molecule has 0 radical (unpaired) electrons. The Balaban J connectivity index is 2.28. The monoisotopic (exact) mass is 303 g/mol. The van der Waals surface area contributed by atoms with Gasteiger partial charge in [0.15, 0.2) is 0 Å². The number of hydrogen-bond acceptors (Lipinski definition) is 2. The summed E-state index contributed by atoms with van der Waals surface area (Å²) in [7, 11) is 0. The zero-order chi connectivity index (χ0) is 14.9. The van der Waals surface area contributed by atoms with Gasteiger partial charge < -0.3 is 9.64 Å². The van der Waals surface area contributed by atoms with E-state index in [9.17, 15) is 13.6 Å². The Labute approximate surface area is 121 Å². The molecule has 1 fully saturated rings. The van der Waals surface area contributed by atoms with Crippen LogP contribution in [0.15, 0.2) is 18.2 Å². The minimum absolute atomic E-state index is 0.215. The summed E-state index contributed by atoms with van der Waals surface area (Å²) in [4.78, 5) is 13.7. The Hall–Kier alpha value is -1.20. The summed E-state index contributed by atoms with van der Waals surface area (Å²) in [5, 5.41) is 0. The predicted molar refractivity (Wildman–Crippen MR) is 71.9 cm³/mol. The molecule has 1 amide bonds. The first-order valence-corrected chi connectivity index (χ1v) is 6.84. The molecular formula is C14H16ClF2NO2. The molecule has 20 heavy (non-hydrogen) atoms. The molecule has 0 bridgehead atoms. The highest BCUT2D eigenvalue weighted by atomic mass is 35.5. The first-order chi connectivity index (χ1) is 9.34. The molecule has 1 aromatic rings. The number of hydrogen-bond donors (Lipinski definition) is 0. The van der Waals surface area contributed by atoms with E-state index in [0.717, 1.165) is 12.1 Å². The second-order valence-electron chi connectivity index (χ2n) is 5.44. The number of amides is 1. The van der Waals surface area contributed by atoms with E-state index in [4.69, 9.17) is 16.3 Å². The van der Waals surface area contributed by atoms with Crippen molar-refractivity contribution >= 4 is 17.5 Å². The van der Waals surface area contributed by atoms with Crippen LogP contribution in [0.25, 0.3) is 0 Å². The Bertz CT molecular complexity index is 502. The molecule has 2 rings (SSSR count). The molecule has 0 spiro atoms. The van der Waals surface area contributed by atoms with Crippen LogP contribution < -0.4 is 0 Å². The molecule has 0 N–H and O–H groups in total. The molecule has 0 saturated carbocycles. The van der Waals surface area contributed by atoms with Crippen LogP contribution in [-0.4, -0.2) is 41.5 Å². The lowest BCUT2D eigenvalue weighted by Crippen LogP contribution is -2.55. The van der Waals surface area contributed by atoms with Crippen LogP contribution in [0.1, 0.15) is 24.2 Å². The van der Waals surface area contributed by atoms with E-state index in [1.54, 1.807) is 0 Å². The Morgan fingerprint density at radius 1 is 1.45 bits per heavy atom. The van der Waals surface area contributed by atoms with Crippen molar-refractivity contribution < 1.29 is 18.3 Å². The van der Waals surface area contributed by atoms with E-state index in [0.29, 0.717) is 0 Å². The van der Waals surface area contributed by atoms with Crippen molar-refractivity contribution in [2.45, 2.75) is 25.6 Å². The quantitative estimate of drug-likeness (QED) is 0.786. The summed E-state index contributed by atoms with van der Waals surface area (Å²) < 4.78 is 33.1. The van der Waals surface area contributed by atoms with Gasteiger partial charge in [0.2, 0.25) is 0 Å². The molecule has 0 aromatic heterocycles. The average molecular weight is 304 g/mol. The first-order valence-electron chi connectivity index (χ1n) is 6.31. The minimum Gasteiger partial charge on any atom is -0.367 e. The van der Waals surface area contributed by atoms with E-state index in [2.05, 4.69) is 0 Å². The molecular weight excluding hydrogens is 288 g/mol. The number of alkyl halides is 1. The number of ether oxygens (including phenoxy) is 1. The van der Waals surface area contributed by atoms with Crippen LogP contribution >= 0.6 is 11.6 Å². The molecule has 1 atom stereocenters. The number of nitrogens with zero attached hydrogens (tertiary/aromatic N) is 1. The third-order valence-electron chi connectivity index (χ3n) is 3.12. The fourth-order valence-electron chi connectivity index (χ4n) is 2.39. The van der Waals surface area contributed by atoms with Crippen molar-refractivity contribution in [2.75, 3.05) is 19.0 Å². The smallest absolute Gasteiger partial charge is 0.260 e. The van der Waals surface area contributed by atoms with Gasteiger partial charge >= 0.3 is 0 Å². The van der Waals surface area contributed by atoms with Gasteiger partial charge in [-0.2, -0.15) is 0 Å². The maximum absolute atomic E-state index is 13.7. The van der Waals surface area contributed by atoms with Crippen molar-refractivity contribution in [2.24, 2.45) is 0 Å². The molecule has 1 heterocycles. The summed E-state index contributed by atoms with van der Waals surface area (Å²) in [6.07, 6.45) is -0.348. The van der Waals surface area contributed by atoms with Crippen LogP contribution in [0.5, 0.6) is 0 Å². The molecule has 1 saturated heterocycles. The number of morpholine rings is 1. The van der Waals surface area contributed by atoms with Gasteiger partial charge in [-0.1, -0.05) is 6.07 Å². The highest BCUT2D eigenvalue weighted by Gasteiger charge is 2.36. The van der Waals surface area contributed by atoms with Crippen LogP contribution in [0.3, 0.4) is 0 Å². The van der Waals surface area contributed by atoms with E-state index in [-0.39, 0.29) is 25.1 Å². The first kappa shape index (κ1) is 15.2. The lowest BCUT2D eigenvalue weighted by molar-refractivity contribution is -0.117. The summed E-state index contributed by atoms with van der Waals surface area (Å²) in [5.74, 6) is -2.18. The third-order valence-corrected chi connectivity index (χ3v) is 3.46. The van der Waals surface area contributed by atoms with E-state index < -0.39 is 28.7 Å². The molecule has 0 aliphatic carbocycles. The summed E-state index contributed by atoms with van der Waals surface area (Å²) >= 11 is 5.78. The molecule has 1 aromatic carbocycles. The van der Waals surface area contributed by atoms with Crippen molar-refractivity contribution in [3.63, 3.8) is 0 Å². The van der Waals surface area contributed by atoms with Gasteiger partial charge in [-0.3, -0.25) is 4.79 Å². The van der Waals surface area contributed by atoms with Crippen molar-refractivity contribution in [1.29, 1.82) is 0 Å². The van der Waals surface area contributed by atoms with E-state index >= 15 is 0 Å². The summed E-state index contributed by atoms with van der Waals surface area (Å²) in [5.41, 5.74) is -1.13. The number of carbonyl (C=O) groups excluding carboxylic acids is 1. The van der Waals surface area contributed by atoms with Crippen molar-refractivity contribution in [3.05, 3.63) is 35.4 Å². The molecule has 6 heteroatoms. The molecule has 1 aliphatic heterocycles. The Morgan fingerprint density at radius 2 is 2.05 bits per heavy atom. The third kappa shape index (κ3) is 3.10. The number of halogens is 3. The molecule has 1 aliphatic rings. The largest absolute Gasteiger partial charge is 0.367 e. The zero-order valence-corrected chi connectivity index (χ0v) is 12.1. The van der Waals surface area contributed by atoms with Crippen molar-refractivity contribution in [1.82, 2.24) is 4.90 Å². The topological polar surface area (TPSA) is 29.5 Å². The fraction of sp³-hybridized carbons (Fsp3) is 0.500. The number of carbonyl (C=O) groups is 1. The van der Waals surface area contributed by atoms with Crippen molar-refractivity contribution in [3.8, 4) is 0 Å². The minimum atomic E-state index is -0.860. The van der Waals surface area contributed by atoms with E-state index in [1.807, 2.05) is 13.8 Å². The highest BCUT2D eigenvalue weighted by molar-refractivity contribution is 6.18. The van der Waals surface area contributed by atoms with Gasteiger partial charge in [0.05, 0.1) is 17.6 Å². The lowest BCUT2D eigenvalue weighted by Gasteiger charge is -2.42. The standard InChI is InChI=1S/C14H16ClF2NO2/c1-14(2)8-18(7-9(6-15)20-14)13(19)12-10(16)4-3-5-11(12)17/h3-5,9H,6-8H2,1-2H3. The van der Waals surface area contributed by atoms with E-state index in [1.165, 1.54) is 11.0 Å². The molecule has 1 unspecified atom stereocenters. The second-order valence-corrected chi connectivity index (χ2v) is 5.74. The van der Waals surface area contributed by atoms with Crippen LogP contribution in [0.4, 0.5) is 8.78 Å². The Kier molecular flexibility index (Phi) is 4.30. The fourth-order valence-corrected chi connectivity index (χ4v) is 2.55. The maximum atomic E-state index is 13.7. The highest BCUT2D eigenvalue weighted by Crippen LogP contribution is 2.24. The van der Waals surface area contributed by atoms with Gasteiger partial charge in [0.1, 0.15) is 17.2 Å². The lowest BCUT2D eigenvalue weighted by atomic mass is 10.0. The SMILES string of the molecule is CC1(C)CN(C(=O)c2c(F)cccc2F)CC(CCl)O1. The van der Waals surface area contributed by atoms with Gasteiger partial charge in [0, 0.05) is 13.1 Å². The van der Waals surface area contributed by atoms with Gasteiger partial charge in [-0.25, -0.2) is 8.78 Å². The van der Waals surface area contributed by atoms with Crippen LogP contribution in [0, 0.1) is 11.6 Å². The zero-order valence-electron chi connectivity index (χ0n) is 11.3. The van der Waals surface area contributed by atoms with Crippen LogP contribution in [-0.2, 0) is 4.74 Å². The van der Waals surface area contributed by atoms with Gasteiger partial charge in [-0.05, 0) is 26.0 Å². The average Bonchev–Trinajstić information content (AvgIpc) is 2.36. The van der Waals surface area contributed by atoms with Gasteiger partial charge in [0.25, 0.3) is 5.91 Å². The second kappa shape index (κ2) is 5.66. The maximum Gasteiger partial charge on any atom is 0.260 e. The number of benzene rings is 1. The predicted octanol–water partition coefficient (Wildman–Crippen LogP) is 2.82. The normalized spacial score (nSPS) is 21.9. The number of rotatable bonds is 2. The summed E-state index contributed by atoms with van der Waals surface area (Å²) in [6.45, 7) is 4.10. The van der Waals surface area contributed by atoms with Gasteiger partial charge in [-0.15, -0.1) is 11.6 Å².